The van der Waals surface area contributed by atoms with Crippen LogP contribution in [0.3, 0.4) is 0 Å². The highest BCUT2D eigenvalue weighted by molar-refractivity contribution is 6.32. The monoisotopic (exact) mass is 272 g/mol. The summed E-state index contributed by atoms with van der Waals surface area (Å²) in [5, 5.41) is 0.0789. The van der Waals surface area contributed by atoms with Crippen LogP contribution in [0.5, 0.6) is 0 Å². The fourth-order valence-electron chi connectivity index (χ4n) is 1.77. The normalized spacial score (nSPS) is 11.4. The van der Waals surface area contributed by atoms with Crippen LogP contribution < -0.4 is 0 Å². The molecule has 0 aliphatic carbocycles. The third kappa shape index (κ3) is 2.62. The Morgan fingerprint density at radius 1 is 1.39 bits per heavy atom. The Morgan fingerprint density at radius 2 is 2.00 bits per heavy atom. The summed E-state index contributed by atoms with van der Waals surface area (Å²) < 4.78 is 10.1. The van der Waals surface area contributed by atoms with Crippen LogP contribution in [0.2, 0.25) is 5.15 Å². The number of carbonyl (C=O) groups is 1. The van der Waals surface area contributed by atoms with E-state index < -0.39 is 11.6 Å². The molecule has 0 aromatic carbocycles. The topological polar surface area (TPSA) is 61.3 Å². The zero-order valence-corrected chi connectivity index (χ0v) is 11.7. The van der Waals surface area contributed by atoms with Crippen LogP contribution in [0, 0.1) is 0 Å². The maximum atomic E-state index is 11.4. The van der Waals surface area contributed by atoms with Gasteiger partial charge in [0.2, 0.25) is 0 Å². The molecule has 1 heterocycles. The maximum absolute atomic E-state index is 11.4. The lowest BCUT2D eigenvalue weighted by Gasteiger charge is -2.28. The minimum atomic E-state index is -0.571. The van der Waals surface area contributed by atoms with E-state index in [4.69, 9.17) is 16.3 Å². The van der Waals surface area contributed by atoms with E-state index in [1.807, 2.05) is 13.8 Å². The van der Waals surface area contributed by atoms with E-state index in [-0.39, 0.29) is 10.7 Å². The van der Waals surface area contributed by atoms with Crippen molar-refractivity contribution in [1.82, 2.24) is 9.97 Å². The summed E-state index contributed by atoms with van der Waals surface area (Å²) in [5.74, 6) is -0.0739. The molecule has 1 aromatic rings. The van der Waals surface area contributed by atoms with Crippen LogP contribution in [0.15, 0.2) is 6.20 Å². The molecule has 0 bridgehead atoms. The van der Waals surface area contributed by atoms with Crippen molar-refractivity contribution in [3.63, 3.8) is 0 Å². The second-order valence-electron chi connectivity index (χ2n) is 3.80. The van der Waals surface area contributed by atoms with Crippen molar-refractivity contribution in [1.29, 1.82) is 0 Å². The van der Waals surface area contributed by atoms with Gasteiger partial charge in [0, 0.05) is 13.3 Å². The molecule has 0 atom stereocenters. The van der Waals surface area contributed by atoms with Crippen molar-refractivity contribution in [3.8, 4) is 0 Å². The minimum absolute atomic E-state index is 0.0789. The molecule has 0 spiro atoms. The number of esters is 1. The summed E-state index contributed by atoms with van der Waals surface area (Å²) in [5.41, 5.74) is -0.418. The molecular formula is C12H17ClN2O3. The van der Waals surface area contributed by atoms with Crippen molar-refractivity contribution < 1.29 is 14.3 Å². The van der Waals surface area contributed by atoms with Crippen molar-refractivity contribution in [2.45, 2.75) is 32.3 Å². The quantitative estimate of drug-likeness (QED) is 0.609. The summed E-state index contributed by atoms with van der Waals surface area (Å²) in [4.78, 5) is 19.7. The molecule has 0 amide bonds. The number of nitrogens with zero attached hydrogens (tertiary/aromatic N) is 2. The van der Waals surface area contributed by atoms with Crippen LogP contribution in [-0.2, 0) is 15.1 Å². The van der Waals surface area contributed by atoms with E-state index in [2.05, 4.69) is 14.7 Å². The van der Waals surface area contributed by atoms with E-state index in [0.29, 0.717) is 18.7 Å². The summed E-state index contributed by atoms with van der Waals surface area (Å²) in [6, 6.07) is 0. The molecule has 0 aliphatic heterocycles. The van der Waals surface area contributed by atoms with Gasteiger partial charge in [-0.15, -0.1) is 0 Å². The molecule has 0 fully saturated rings. The first-order chi connectivity index (χ1) is 8.54. The van der Waals surface area contributed by atoms with Gasteiger partial charge >= 0.3 is 5.97 Å². The lowest BCUT2D eigenvalue weighted by Crippen LogP contribution is -2.29. The Labute approximate surface area is 111 Å². The van der Waals surface area contributed by atoms with E-state index in [1.165, 1.54) is 13.3 Å². The molecule has 100 valence electrons. The summed E-state index contributed by atoms with van der Waals surface area (Å²) >= 11 is 5.97. The van der Waals surface area contributed by atoms with Crippen LogP contribution in [0.1, 0.15) is 42.9 Å². The molecule has 0 aliphatic rings. The van der Waals surface area contributed by atoms with Gasteiger partial charge in [-0.25, -0.2) is 14.8 Å². The predicted molar refractivity (Wildman–Crippen MR) is 67.7 cm³/mol. The van der Waals surface area contributed by atoms with Gasteiger partial charge in [0.1, 0.15) is 16.3 Å². The molecule has 0 unspecified atom stereocenters. The lowest BCUT2D eigenvalue weighted by atomic mass is 9.96. The largest absolute Gasteiger partial charge is 0.465 e. The highest BCUT2D eigenvalue weighted by Crippen LogP contribution is 2.30. The molecular weight excluding hydrogens is 256 g/mol. The van der Waals surface area contributed by atoms with Gasteiger partial charge < -0.3 is 9.47 Å². The Kier molecular flexibility index (Phi) is 5.04. The predicted octanol–water partition coefficient (Wildman–Crippen LogP) is 2.58. The number of aromatic nitrogens is 2. The lowest BCUT2D eigenvalue weighted by molar-refractivity contribution is -0.0292. The van der Waals surface area contributed by atoms with Crippen molar-refractivity contribution in [2.75, 3.05) is 14.2 Å². The van der Waals surface area contributed by atoms with Gasteiger partial charge in [-0.05, 0) is 12.8 Å². The molecule has 0 saturated heterocycles. The van der Waals surface area contributed by atoms with Crippen LogP contribution in [0.4, 0.5) is 0 Å². The van der Waals surface area contributed by atoms with Gasteiger partial charge in [-0.3, -0.25) is 0 Å². The minimum Gasteiger partial charge on any atom is -0.465 e. The third-order valence-corrected chi connectivity index (χ3v) is 3.38. The van der Waals surface area contributed by atoms with Crippen molar-refractivity contribution in [3.05, 3.63) is 22.7 Å². The average Bonchev–Trinajstić information content (AvgIpc) is 2.41. The highest BCUT2D eigenvalue weighted by atomic mass is 35.5. The molecule has 0 saturated carbocycles. The Bertz CT molecular complexity index is 425. The first-order valence-electron chi connectivity index (χ1n) is 5.71. The molecule has 1 aromatic heterocycles. The highest BCUT2D eigenvalue weighted by Gasteiger charge is 2.32. The van der Waals surface area contributed by atoms with Crippen LogP contribution in [0.25, 0.3) is 0 Å². The van der Waals surface area contributed by atoms with Gasteiger partial charge in [0.15, 0.2) is 5.82 Å². The Morgan fingerprint density at radius 3 is 2.39 bits per heavy atom. The fraction of sp³-hybridized carbons (Fsp3) is 0.583. The number of halogens is 1. The van der Waals surface area contributed by atoms with E-state index in [9.17, 15) is 4.79 Å². The molecule has 18 heavy (non-hydrogen) atoms. The van der Waals surface area contributed by atoms with Crippen molar-refractivity contribution >= 4 is 17.6 Å². The molecule has 5 nitrogen and oxygen atoms in total. The van der Waals surface area contributed by atoms with E-state index >= 15 is 0 Å². The smallest absolute Gasteiger partial charge is 0.342 e. The average molecular weight is 273 g/mol. The Balaban J connectivity index is 3.21. The molecule has 0 N–H and O–H groups in total. The van der Waals surface area contributed by atoms with Crippen LogP contribution >= 0.6 is 11.6 Å². The van der Waals surface area contributed by atoms with Gasteiger partial charge in [-0.1, -0.05) is 25.4 Å². The summed E-state index contributed by atoms with van der Waals surface area (Å²) in [6.07, 6.45) is 2.80. The Hall–Kier alpha value is -1.20. The van der Waals surface area contributed by atoms with E-state index in [1.54, 1.807) is 7.11 Å². The van der Waals surface area contributed by atoms with Gasteiger partial charge in [0.25, 0.3) is 0 Å². The maximum Gasteiger partial charge on any atom is 0.342 e. The first-order valence-corrected chi connectivity index (χ1v) is 6.08. The number of hydrogen-bond donors (Lipinski definition) is 0. The summed E-state index contributed by atoms with van der Waals surface area (Å²) in [6.45, 7) is 3.97. The third-order valence-electron chi connectivity index (χ3n) is 3.09. The molecule has 1 rings (SSSR count). The second kappa shape index (κ2) is 6.11. The second-order valence-corrected chi connectivity index (χ2v) is 4.15. The summed E-state index contributed by atoms with van der Waals surface area (Å²) in [7, 11) is 2.89. The number of methoxy groups -OCH3 is 2. The molecule has 0 radical (unpaired) electrons. The van der Waals surface area contributed by atoms with E-state index in [0.717, 1.165) is 0 Å². The number of rotatable bonds is 5. The standard InChI is InChI=1S/C12H17ClN2O3/c1-5-12(6-2,18-4)11-14-7-8(9(13)15-11)10(16)17-3/h7H,5-6H2,1-4H3. The number of ether oxygens (including phenoxy) is 2. The molecule has 6 heteroatoms. The zero-order chi connectivity index (χ0) is 13.8. The number of carbonyl (C=O) groups excluding carboxylic acids is 1. The number of hydrogen-bond acceptors (Lipinski definition) is 5. The van der Waals surface area contributed by atoms with Crippen molar-refractivity contribution in [2.24, 2.45) is 0 Å². The fourth-order valence-corrected chi connectivity index (χ4v) is 1.98. The van der Waals surface area contributed by atoms with Gasteiger partial charge in [-0.2, -0.15) is 0 Å². The SMILES string of the molecule is CCC(CC)(OC)c1ncc(C(=O)OC)c(Cl)n1. The van der Waals surface area contributed by atoms with Gasteiger partial charge in [0.05, 0.1) is 7.11 Å². The van der Waals surface area contributed by atoms with Crippen LogP contribution in [-0.4, -0.2) is 30.2 Å². The first kappa shape index (κ1) is 14.9. The zero-order valence-electron chi connectivity index (χ0n) is 11.0.